The molecule has 0 aliphatic rings. The second-order valence-corrected chi connectivity index (χ2v) is 3.04. The Morgan fingerprint density at radius 1 is 1.71 bits per heavy atom. The molecule has 0 amide bonds. The highest BCUT2D eigenvalue weighted by Gasteiger charge is 2.00. The standard InChI is InChI=1S/C8H8ClN3O2/c9-8-2-1-6(4-11-8)3-7(10)5-12(13)14/h1-2,4-5H,3,10H2. The fourth-order valence-electron chi connectivity index (χ4n) is 0.928. The highest BCUT2D eigenvalue weighted by molar-refractivity contribution is 6.29. The first-order chi connectivity index (χ1) is 6.58. The number of hydrogen-bond acceptors (Lipinski definition) is 4. The molecule has 1 aromatic rings. The lowest BCUT2D eigenvalue weighted by Crippen LogP contribution is -2.04. The molecule has 0 aromatic carbocycles. The summed E-state index contributed by atoms with van der Waals surface area (Å²) in [5.74, 6) is 0. The molecule has 14 heavy (non-hydrogen) atoms. The van der Waals surface area contributed by atoms with Crippen LogP contribution in [0.3, 0.4) is 0 Å². The number of aromatic nitrogens is 1. The third-order valence-electron chi connectivity index (χ3n) is 1.47. The summed E-state index contributed by atoms with van der Waals surface area (Å²) in [6, 6.07) is 3.33. The first kappa shape index (κ1) is 10.5. The van der Waals surface area contributed by atoms with E-state index in [0.717, 1.165) is 11.8 Å². The maximum absolute atomic E-state index is 10.1. The number of rotatable bonds is 3. The highest BCUT2D eigenvalue weighted by atomic mass is 35.5. The van der Waals surface area contributed by atoms with Crippen molar-refractivity contribution in [1.29, 1.82) is 0 Å². The van der Waals surface area contributed by atoms with Gasteiger partial charge in [0.1, 0.15) is 5.15 Å². The summed E-state index contributed by atoms with van der Waals surface area (Å²) in [5, 5.41) is 10.4. The van der Waals surface area contributed by atoms with Crippen LogP contribution in [0.15, 0.2) is 30.2 Å². The molecule has 0 saturated heterocycles. The minimum atomic E-state index is -0.585. The summed E-state index contributed by atoms with van der Waals surface area (Å²) in [6.07, 6.45) is 2.60. The second-order valence-electron chi connectivity index (χ2n) is 2.66. The van der Waals surface area contributed by atoms with Crippen molar-refractivity contribution < 1.29 is 4.92 Å². The van der Waals surface area contributed by atoms with Crippen molar-refractivity contribution in [1.82, 2.24) is 4.98 Å². The Balaban J connectivity index is 2.69. The zero-order valence-corrected chi connectivity index (χ0v) is 7.94. The summed E-state index contributed by atoms with van der Waals surface area (Å²) in [6.45, 7) is 0. The van der Waals surface area contributed by atoms with Gasteiger partial charge in [-0.1, -0.05) is 17.7 Å². The van der Waals surface area contributed by atoms with Crippen LogP contribution in [0, 0.1) is 10.1 Å². The molecule has 0 aliphatic carbocycles. The zero-order valence-electron chi connectivity index (χ0n) is 7.18. The minimum absolute atomic E-state index is 0.180. The third-order valence-corrected chi connectivity index (χ3v) is 1.69. The van der Waals surface area contributed by atoms with Gasteiger partial charge in [-0.3, -0.25) is 10.1 Å². The van der Waals surface area contributed by atoms with Crippen LogP contribution in [0.5, 0.6) is 0 Å². The Labute approximate surface area is 85.4 Å². The summed E-state index contributed by atoms with van der Waals surface area (Å²) >= 11 is 5.57. The van der Waals surface area contributed by atoms with E-state index in [1.165, 1.54) is 6.20 Å². The molecule has 0 aliphatic heterocycles. The van der Waals surface area contributed by atoms with Crippen LogP contribution < -0.4 is 5.73 Å². The molecule has 1 aromatic heterocycles. The molecule has 0 bridgehead atoms. The number of nitrogens with two attached hydrogens (primary N) is 1. The largest absolute Gasteiger partial charge is 0.397 e. The Bertz CT molecular complexity index is 361. The summed E-state index contributed by atoms with van der Waals surface area (Å²) < 4.78 is 0. The van der Waals surface area contributed by atoms with Crippen LogP contribution in [0.25, 0.3) is 0 Å². The lowest BCUT2D eigenvalue weighted by atomic mass is 10.2. The van der Waals surface area contributed by atoms with Gasteiger partial charge in [-0.2, -0.15) is 0 Å². The van der Waals surface area contributed by atoms with Crippen LogP contribution in [0.4, 0.5) is 0 Å². The topological polar surface area (TPSA) is 82.0 Å². The van der Waals surface area contributed by atoms with Crippen LogP contribution in [-0.4, -0.2) is 9.91 Å². The molecule has 1 heterocycles. The predicted octanol–water partition coefficient (Wildman–Crippen LogP) is 1.35. The van der Waals surface area contributed by atoms with Gasteiger partial charge in [0.05, 0.1) is 10.6 Å². The van der Waals surface area contributed by atoms with Gasteiger partial charge in [-0.25, -0.2) is 4.98 Å². The van der Waals surface area contributed by atoms with Crippen molar-refractivity contribution in [2.45, 2.75) is 6.42 Å². The number of allylic oxidation sites excluding steroid dienone is 1. The minimum Gasteiger partial charge on any atom is -0.397 e. The monoisotopic (exact) mass is 213 g/mol. The lowest BCUT2D eigenvalue weighted by Gasteiger charge is -1.98. The van der Waals surface area contributed by atoms with E-state index in [1.807, 2.05) is 0 Å². The Hall–Kier alpha value is -1.62. The molecular weight excluding hydrogens is 206 g/mol. The van der Waals surface area contributed by atoms with Gasteiger partial charge in [-0.05, 0) is 11.6 Å². The number of halogens is 1. The molecule has 0 radical (unpaired) electrons. The molecule has 74 valence electrons. The molecule has 1 rings (SSSR count). The van der Waals surface area contributed by atoms with E-state index in [1.54, 1.807) is 12.1 Å². The fraction of sp³-hybridized carbons (Fsp3) is 0.125. The molecule has 0 spiro atoms. The van der Waals surface area contributed by atoms with Gasteiger partial charge >= 0.3 is 0 Å². The van der Waals surface area contributed by atoms with Crippen molar-refractivity contribution in [2.24, 2.45) is 5.73 Å². The number of pyridine rings is 1. The van der Waals surface area contributed by atoms with E-state index in [0.29, 0.717) is 11.6 Å². The Morgan fingerprint density at radius 3 is 2.93 bits per heavy atom. The summed E-state index contributed by atoms with van der Waals surface area (Å²) in [7, 11) is 0. The zero-order chi connectivity index (χ0) is 10.6. The van der Waals surface area contributed by atoms with Gasteiger partial charge in [0.15, 0.2) is 0 Å². The van der Waals surface area contributed by atoms with E-state index in [4.69, 9.17) is 17.3 Å². The fourth-order valence-corrected chi connectivity index (χ4v) is 1.04. The van der Waals surface area contributed by atoms with Crippen molar-refractivity contribution in [3.63, 3.8) is 0 Å². The summed E-state index contributed by atoms with van der Waals surface area (Å²) in [4.78, 5) is 13.3. The Kier molecular flexibility index (Phi) is 3.41. The maximum Gasteiger partial charge on any atom is 0.253 e. The molecule has 5 nitrogen and oxygen atoms in total. The smallest absolute Gasteiger partial charge is 0.253 e. The lowest BCUT2D eigenvalue weighted by molar-refractivity contribution is -0.403. The van der Waals surface area contributed by atoms with E-state index < -0.39 is 4.92 Å². The van der Waals surface area contributed by atoms with Gasteiger partial charge in [0, 0.05) is 12.6 Å². The summed E-state index contributed by atoms with van der Waals surface area (Å²) in [5.41, 5.74) is 6.37. The molecule has 0 saturated carbocycles. The van der Waals surface area contributed by atoms with Crippen LogP contribution in [0.1, 0.15) is 5.56 Å². The van der Waals surface area contributed by atoms with Gasteiger partial charge in [0.2, 0.25) is 0 Å². The van der Waals surface area contributed by atoms with E-state index >= 15 is 0 Å². The predicted molar refractivity (Wildman–Crippen MR) is 52.2 cm³/mol. The third kappa shape index (κ3) is 3.40. The van der Waals surface area contributed by atoms with Crippen molar-refractivity contribution >= 4 is 11.6 Å². The van der Waals surface area contributed by atoms with E-state index in [-0.39, 0.29) is 5.70 Å². The molecular formula is C8H8ClN3O2. The van der Waals surface area contributed by atoms with Crippen molar-refractivity contribution in [3.8, 4) is 0 Å². The van der Waals surface area contributed by atoms with Gasteiger partial charge < -0.3 is 5.73 Å². The molecule has 0 unspecified atom stereocenters. The SMILES string of the molecule is NC(=C[N+](=O)[O-])Cc1ccc(Cl)nc1. The maximum atomic E-state index is 10.1. The molecule has 0 atom stereocenters. The number of nitrogens with zero attached hydrogens (tertiary/aromatic N) is 2. The van der Waals surface area contributed by atoms with Crippen molar-refractivity contribution in [2.75, 3.05) is 0 Å². The first-order valence-corrected chi connectivity index (χ1v) is 4.16. The number of hydrogen-bond donors (Lipinski definition) is 1. The average Bonchev–Trinajstić information content (AvgIpc) is 2.07. The number of nitro groups is 1. The van der Waals surface area contributed by atoms with Gasteiger partial charge in [-0.15, -0.1) is 0 Å². The molecule has 2 N–H and O–H groups in total. The van der Waals surface area contributed by atoms with Crippen LogP contribution >= 0.6 is 11.6 Å². The van der Waals surface area contributed by atoms with Crippen LogP contribution in [-0.2, 0) is 6.42 Å². The molecule has 0 fully saturated rings. The quantitative estimate of drug-likeness (QED) is 0.467. The normalized spacial score (nSPS) is 11.4. The van der Waals surface area contributed by atoms with Gasteiger partial charge in [0.25, 0.3) is 6.20 Å². The molecule has 6 heteroatoms. The van der Waals surface area contributed by atoms with E-state index in [9.17, 15) is 10.1 Å². The first-order valence-electron chi connectivity index (χ1n) is 3.78. The highest BCUT2D eigenvalue weighted by Crippen LogP contribution is 2.07. The second kappa shape index (κ2) is 4.57. The Morgan fingerprint density at radius 2 is 2.43 bits per heavy atom. The average molecular weight is 214 g/mol. The van der Waals surface area contributed by atoms with E-state index in [2.05, 4.69) is 4.98 Å². The van der Waals surface area contributed by atoms with Crippen LogP contribution in [0.2, 0.25) is 5.15 Å². The van der Waals surface area contributed by atoms with Crippen molar-refractivity contribution in [3.05, 3.63) is 51.1 Å².